The molecule has 8 nitrogen and oxygen atoms in total. The summed E-state index contributed by atoms with van der Waals surface area (Å²) < 4.78 is 1.38. The number of likely N-dealkylation sites (tertiary alicyclic amines) is 1. The zero-order valence-corrected chi connectivity index (χ0v) is 23.4. The van der Waals surface area contributed by atoms with Crippen LogP contribution in [0.2, 0.25) is 0 Å². The third-order valence-corrected chi connectivity index (χ3v) is 8.17. The van der Waals surface area contributed by atoms with Crippen molar-refractivity contribution in [1.82, 2.24) is 20.1 Å². The number of aryl methyl sites for hydroxylation is 1. The first-order valence-electron chi connectivity index (χ1n) is 13.8. The van der Waals surface area contributed by atoms with E-state index in [-0.39, 0.29) is 29.0 Å². The van der Waals surface area contributed by atoms with Crippen LogP contribution in [0.3, 0.4) is 0 Å². The molecule has 1 saturated heterocycles. The summed E-state index contributed by atoms with van der Waals surface area (Å²) in [5.74, 6) is 0.251. The van der Waals surface area contributed by atoms with Crippen LogP contribution in [0.15, 0.2) is 77.7 Å². The summed E-state index contributed by atoms with van der Waals surface area (Å²) in [6, 6.07) is 21.8. The second kappa shape index (κ2) is 12.8. The van der Waals surface area contributed by atoms with E-state index in [2.05, 4.69) is 47.9 Å². The smallest absolute Gasteiger partial charge is 0.263 e. The molecule has 5 rings (SSSR count). The lowest BCUT2D eigenvalue weighted by molar-refractivity contribution is -0.125. The Balaban J connectivity index is 0.000000186. The largest absolute Gasteiger partial charge is 0.358 e. The fourth-order valence-corrected chi connectivity index (χ4v) is 5.82. The molecule has 0 bridgehead atoms. The minimum atomic E-state index is -0.556. The average molecular weight is 543 g/mol. The number of carbonyl (C=O) groups is 3. The standard InChI is InChI=1S/C19H21NO.C13H17N3O3/c1-14-12-13-19(18(21)20-2,15-8-4-3-5-9-15)17-11-7-6-10-16(14)17;1-15-6-2-3-11(13(15)19)12(18)14-10-4-7-16(9-17)8-5-10/h3-11,14H,12-13H2,1-2H3,(H,20,21);2-3,6,9-10H,4-5,7-8H2,1H3,(H,14,18)/t14-,19+;/m0./s1. The Morgan fingerprint density at radius 2 is 1.62 bits per heavy atom. The summed E-state index contributed by atoms with van der Waals surface area (Å²) in [7, 11) is 3.34. The number of hydrogen-bond acceptors (Lipinski definition) is 4. The second-order valence-electron chi connectivity index (χ2n) is 10.6. The Kier molecular flexibility index (Phi) is 9.19. The van der Waals surface area contributed by atoms with Gasteiger partial charge in [0, 0.05) is 39.4 Å². The van der Waals surface area contributed by atoms with E-state index in [1.165, 1.54) is 16.2 Å². The van der Waals surface area contributed by atoms with Crippen molar-refractivity contribution < 1.29 is 14.4 Å². The van der Waals surface area contributed by atoms with E-state index in [4.69, 9.17) is 0 Å². The Bertz CT molecular complexity index is 1400. The first-order chi connectivity index (χ1) is 19.3. The average Bonchev–Trinajstić information content (AvgIpc) is 3.00. The first kappa shape index (κ1) is 28.8. The number of likely N-dealkylation sites (N-methyl/N-ethyl adjacent to an activating group) is 1. The molecule has 8 heteroatoms. The summed E-state index contributed by atoms with van der Waals surface area (Å²) in [5, 5.41) is 5.74. The lowest BCUT2D eigenvalue weighted by Crippen LogP contribution is -2.46. The van der Waals surface area contributed by atoms with Crippen LogP contribution in [0, 0.1) is 0 Å². The Hall–Kier alpha value is -4.20. The third kappa shape index (κ3) is 5.86. The first-order valence-corrected chi connectivity index (χ1v) is 13.8. The highest BCUT2D eigenvalue weighted by Gasteiger charge is 2.45. The van der Waals surface area contributed by atoms with E-state index in [9.17, 15) is 19.2 Å². The highest BCUT2D eigenvalue weighted by Crippen LogP contribution is 2.46. The molecular formula is C32H38N4O4. The summed E-state index contributed by atoms with van der Waals surface area (Å²) in [5.41, 5.74) is 2.85. The van der Waals surface area contributed by atoms with Crippen LogP contribution in [0.1, 0.15) is 65.6 Å². The molecule has 1 aromatic heterocycles. The number of amides is 3. The normalized spacial score (nSPS) is 20.4. The topological polar surface area (TPSA) is 101 Å². The molecule has 0 spiro atoms. The SMILES string of the molecule is CNC(=O)[C@@]1(c2ccccc2)CC[C@H](C)c2ccccc21.Cn1cccc(C(=O)NC2CCN(C=O)CC2)c1=O. The zero-order chi connectivity index (χ0) is 28.7. The number of aromatic nitrogens is 1. The van der Waals surface area contributed by atoms with E-state index in [1.54, 1.807) is 31.3 Å². The fraction of sp³-hybridized carbons (Fsp3) is 0.375. The molecule has 2 N–H and O–H groups in total. The molecule has 0 saturated carbocycles. The number of nitrogens with zero attached hydrogens (tertiary/aromatic N) is 2. The van der Waals surface area contributed by atoms with Crippen molar-refractivity contribution in [2.75, 3.05) is 20.1 Å². The van der Waals surface area contributed by atoms with Crippen LogP contribution < -0.4 is 16.2 Å². The van der Waals surface area contributed by atoms with E-state index in [0.717, 1.165) is 43.2 Å². The maximum atomic E-state index is 12.8. The van der Waals surface area contributed by atoms with Crippen molar-refractivity contribution in [2.24, 2.45) is 7.05 Å². The van der Waals surface area contributed by atoms with Crippen molar-refractivity contribution in [3.63, 3.8) is 0 Å². The number of rotatable bonds is 5. The maximum Gasteiger partial charge on any atom is 0.263 e. The van der Waals surface area contributed by atoms with Crippen LogP contribution in [0.5, 0.6) is 0 Å². The molecule has 210 valence electrons. The van der Waals surface area contributed by atoms with Gasteiger partial charge >= 0.3 is 0 Å². The van der Waals surface area contributed by atoms with Gasteiger partial charge in [-0.1, -0.05) is 61.5 Å². The maximum absolute atomic E-state index is 12.8. The molecule has 3 amide bonds. The van der Waals surface area contributed by atoms with Gasteiger partial charge in [-0.2, -0.15) is 0 Å². The molecule has 2 aliphatic rings. The third-order valence-electron chi connectivity index (χ3n) is 8.17. The van der Waals surface area contributed by atoms with Gasteiger partial charge in [0.05, 0.1) is 5.41 Å². The number of pyridine rings is 1. The Morgan fingerprint density at radius 1 is 0.950 bits per heavy atom. The molecule has 2 aromatic carbocycles. The van der Waals surface area contributed by atoms with Crippen molar-refractivity contribution >= 4 is 18.2 Å². The Labute approximate surface area is 235 Å². The van der Waals surface area contributed by atoms with Gasteiger partial charge in [-0.05, 0) is 60.4 Å². The number of carbonyl (C=O) groups excluding carboxylic acids is 3. The lowest BCUT2D eigenvalue weighted by atomic mass is 9.63. The van der Waals surface area contributed by atoms with Crippen molar-refractivity contribution in [3.05, 3.63) is 106 Å². The second-order valence-corrected chi connectivity index (χ2v) is 10.6. The summed E-state index contributed by atoms with van der Waals surface area (Å²) >= 11 is 0. The number of benzene rings is 2. The molecule has 0 radical (unpaired) electrons. The minimum Gasteiger partial charge on any atom is -0.358 e. The monoisotopic (exact) mass is 542 g/mol. The quantitative estimate of drug-likeness (QED) is 0.483. The minimum absolute atomic E-state index is 0.0219. The number of fused-ring (bicyclic) bond motifs is 1. The number of piperidine rings is 1. The van der Waals surface area contributed by atoms with Gasteiger partial charge in [0.1, 0.15) is 5.56 Å². The predicted molar refractivity (Wildman–Crippen MR) is 155 cm³/mol. The van der Waals surface area contributed by atoms with E-state index >= 15 is 0 Å². The molecule has 1 fully saturated rings. The van der Waals surface area contributed by atoms with Gasteiger partial charge in [-0.15, -0.1) is 0 Å². The van der Waals surface area contributed by atoms with Crippen LogP contribution in [0.25, 0.3) is 0 Å². The van der Waals surface area contributed by atoms with E-state index in [1.807, 2.05) is 24.3 Å². The van der Waals surface area contributed by atoms with Gasteiger partial charge in [0.25, 0.3) is 11.5 Å². The van der Waals surface area contributed by atoms with Crippen LogP contribution in [-0.4, -0.2) is 53.9 Å². The lowest BCUT2D eigenvalue weighted by Gasteiger charge is -2.40. The Morgan fingerprint density at radius 3 is 2.30 bits per heavy atom. The van der Waals surface area contributed by atoms with Gasteiger partial charge < -0.3 is 20.1 Å². The van der Waals surface area contributed by atoms with E-state index in [0.29, 0.717) is 19.0 Å². The zero-order valence-electron chi connectivity index (χ0n) is 23.4. The molecule has 40 heavy (non-hydrogen) atoms. The summed E-state index contributed by atoms with van der Waals surface area (Å²) in [6.45, 7) is 3.53. The molecule has 1 aliphatic carbocycles. The fourth-order valence-electron chi connectivity index (χ4n) is 5.82. The van der Waals surface area contributed by atoms with Gasteiger partial charge in [0.2, 0.25) is 12.3 Å². The van der Waals surface area contributed by atoms with Gasteiger partial charge in [-0.3, -0.25) is 19.2 Å². The predicted octanol–water partition coefficient (Wildman–Crippen LogP) is 3.35. The molecule has 1 aliphatic heterocycles. The van der Waals surface area contributed by atoms with Crippen LogP contribution in [-0.2, 0) is 22.1 Å². The van der Waals surface area contributed by atoms with Crippen LogP contribution in [0.4, 0.5) is 0 Å². The molecule has 0 unspecified atom stereocenters. The highest BCUT2D eigenvalue weighted by atomic mass is 16.2. The van der Waals surface area contributed by atoms with Crippen molar-refractivity contribution in [2.45, 2.75) is 50.0 Å². The highest BCUT2D eigenvalue weighted by molar-refractivity contribution is 5.94. The van der Waals surface area contributed by atoms with Crippen molar-refractivity contribution in [1.29, 1.82) is 0 Å². The number of nitrogens with one attached hydrogen (secondary N) is 2. The summed E-state index contributed by atoms with van der Waals surface area (Å²) in [4.78, 5) is 48.9. The molecule has 2 atom stereocenters. The van der Waals surface area contributed by atoms with E-state index < -0.39 is 5.41 Å². The van der Waals surface area contributed by atoms with Gasteiger partial charge in [-0.25, -0.2) is 0 Å². The van der Waals surface area contributed by atoms with Gasteiger partial charge in [0.15, 0.2) is 0 Å². The molecule has 3 aromatic rings. The van der Waals surface area contributed by atoms with Crippen molar-refractivity contribution in [3.8, 4) is 0 Å². The number of hydrogen-bond donors (Lipinski definition) is 2. The van der Waals surface area contributed by atoms with Crippen LogP contribution >= 0.6 is 0 Å². The molecule has 2 heterocycles. The summed E-state index contributed by atoms with van der Waals surface area (Å²) in [6.07, 6.45) is 5.76. The molecular weight excluding hydrogens is 504 g/mol.